The molecule has 1 saturated heterocycles. The summed E-state index contributed by atoms with van der Waals surface area (Å²) in [6.45, 7) is 3.19. The van der Waals surface area contributed by atoms with Gasteiger partial charge in [-0.05, 0) is 43.0 Å². The molecule has 0 unspecified atom stereocenters. The molecular formula is C14H21N3O2S. The van der Waals surface area contributed by atoms with Crippen LogP contribution in [0.2, 0.25) is 0 Å². The van der Waals surface area contributed by atoms with Crippen LogP contribution in [0.15, 0.2) is 23.1 Å². The molecule has 110 valence electrons. The quantitative estimate of drug-likeness (QED) is 0.874. The first-order chi connectivity index (χ1) is 9.67. The SMILES string of the molecule is O=S(=O)(NN1CCCCC1)c1cccc2c1CCNC2. The highest BCUT2D eigenvalue weighted by Crippen LogP contribution is 2.23. The number of nitrogens with one attached hydrogen (secondary N) is 2. The standard InChI is InChI=1S/C14H21N3O2S/c18-20(19,16-17-9-2-1-3-10-17)14-6-4-5-12-11-15-8-7-13(12)14/h4-6,15-16H,1-3,7-11H2. The van der Waals surface area contributed by atoms with Crippen LogP contribution in [0.25, 0.3) is 0 Å². The summed E-state index contributed by atoms with van der Waals surface area (Å²) in [7, 11) is -3.45. The molecule has 0 saturated carbocycles. The number of hydrogen-bond donors (Lipinski definition) is 2. The lowest BCUT2D eigenvalue weighted by atomic mass is 10.0. The molecule has 0 bridgehead atoms. The van der Waals surface area contributed by atoms with Crippen LogP contribution in [0.1, 0.15) is 30.4 Å². The van der Waals surface area contributed by atoms with E-state index in [1.165, 1.54) is 6.42 Å². The topological polar surface area (TPSA) is 61.4 Å². The van der Waals surface area contributed by atoms with Crippen LogP contribution < -0.4 is 10.1 Å². The molecule has 6 heteroatoms. The van der Waals surface area contributed by atoms with Crippen molar-refractivity contribution in [2.45, 2.75) is 37.1 Å². The Balaban J connectivity index is 1.87. The summed E-state index contributed by atoms with van der Waals surface area (Å²) in [6.07, 6.45) is 4.07. The van der Waals surface area contributed by atoms with E-state index in [9.17, 15) is 8.42 Å². The van der Waals surface area contributed by atoms with Crippen molar-refractivity contribution in [3.63, 3.8) is 0 Å². The summed E-state index contributed by atoms with van der Waals surface area (Å²) in [6, 6.07) is 5.55. The molecule has 3 rings (SSSR count). The minimum atomic E-state index is -3.45. The summed E-state index contributed by atoms with van der Waals surface area (Å²) in [5.41, 5.74) is 2.06. The van der Waals surface area contributed by atoms with Crippen molar-refractivity contribution < 1.29 is 8.42 Å². The average Bonchev–Trinajstić information content (AvgIpc) is 2.47. The molecule has 0 spiro atoms. The number of rotatable bonds is 3. The van der Waals surface area contributed by atoms with Gasteiger partial charge in [0.2, 0.25) is 0 Å². The lowest BCUT2D eigenvalue weighted by Gasteiger charge is -2.28. The molecule has 0 atom stereocenters. The highest BCUT2D eigenvalue weighted by molar-refractivity contribution is 7.89. The molecule has 0 amide bonds. The van der Waals surface area contributed by atoms with Crippen molar-refractivity contribution in [1.29, 1.82) is 0 Å². The number of hydrazine groups is 1. The van der Waals surface area contributed by atoms with Gasteiger partial charge in [-0.3, -0.25) is 0 Å². The van der Waals surface area contributed by atoms with Crippen molar-refractivity contribution in [2.24, 2.45) is 0 Å². The molecule has 5 nitrogen and oxygen atoms in total. The van der Waals surface area contributed by atoms with Gasteiger partial charge in [-0.25, -0.2) is 13.4 Å². The number of benzene rings is 1. The average molecular weight is 295 g/mol. The fraction of sp³-hybridized carbons (Fsp3) is 0.571. The zero-order chi connectivity index (χ0) is 14.0. The molecule has 1 aromatic rings. The Bertz CT molecular complexity index is 580. The molecule has 0 aliphatic carbocycles. The van der Waals surface area contributed by atoms with E-state index >= 15 is 0 Å². The van der Waals surface area contributed by atoms with E-state index in [-0.39, 0.29) is 0 Å². The first-order valence-corrected chi connectivity index (χ1v) is 8.74. The third kappa shape index (κ3) is 2.88. The first-order valence-electron chi connectivity index (χ1n) is 7.26. The van der Waals surface area contributed by atoms with Gasteiger partial charge in [0.25, 0.3) is 10.0 Å². The molecule has 0 radical (unpaired) electrons. The normalized spacial score (nSPS) is 20.6. The summed E-state index contributed by atoms with van der Waals surface area (Å²) in [5.74, 6) is 0. The second-order valence-electron chi connectivity index (χ2n) is 5.46. The van der Waals surface area contributed by atoms with Crippen molar-refractivity contribution in [1.82, 2.24) is 15.2 Å². The Morgan fingerprint density at radius 3 is 2.75 bits per heavy atom. The van der Waals surface area contributed by atoms with Gasteiger partial charge < -0.3 is 5.32 Å². The molecule has 0 aromatic heterocycles. The maximum atomic E-state index is 12.6. The van der Waals surface area contributed by atoms with Gasteiger partial charge in [-0.2, -0.15) is 0 Å². The minimum absolute atomic E-state index is 0.446. The van der Waals surface area contributed by atoms with Gasteiger partial charge in [0.15, 0.2) is 0 Å². The second-order valence-corrected chi connectivity index (χ2v) is 7.09. The molecule has 1 fully saturated rings. The Morgan fingerprint density at radius 1 is 1.15 bits per heavy atom. The van der Waals surface area contributed by atoms with E-state index in [1.807, 2.05) is 17.1 Å². The van der Waals surface area contributed by atoms with Crippen LogP contribution in [0.4, 0.5) is 0 Å². The Morgan fingerprint density at radius 2 is 1.95 bits per heavy atom. The van der Waals surface area contributed by atoms with Gasteiger partial charge in [0.1, 0.15) is 0 Å². The number of nitrogens with zero attached hydrogens (tertiary/aromatic N) is 1. The fourth-order valence-electron chi connectivity index (χ4n) is 2.95. The summed E-state index contributed by atoms with van der Waals surface area (Å²) < 4.78 is 25.2. The largest absolute Gasteiger partial charge is 0.312 e. The Kier molecular flexibility index (Phi) is 4.07. The van der Waals surface area contributed by atoms with Gasteiger partial charge in [-0.15, -0.1) is 4.83 Å². The first kappa shape index (κ1) is 14.0. The van der Waals surface area contributed by atoms with E-state index in [2.05, 4.69) is 10.1 Å². The van der Waals surface area contributed by atoms with Crippen molar-refractivity contribution in [3.05, 3.63) is 29.3 Å². The minimum Gasteiger partial charge on any atom is -0.312 e. The summed E-state index contributed by atoms with van der Waals surface area (Å²) in [4.78, 5) is 3.19. The van der Waals surface area contributed by atoms with Crippen molar-refractivity contribution >= 4 is 10.0 Å². The van der Waals surface area contributed by atoms with Crippen LogP contribution in [-0.4, -0.2) is 33.1 Å². The molecule has 2 aliphatic rings. The highest BCUT2D eigenvalue weighted by Gasteiger charge is 2.24. The number of sulfonamides is 1. The number of fused-ring (bicyclic) bond motifs is 1. The molecule has 2 N–H and O–H groups in total. The maximum Gasteiger partial charge on any atom is 0.253 e. The van der Waals surface area contributed by atoms with E-state index in [1.54, 1.807) is 6.07 Å². The van der Waals surface area contributed by atoms with Gasteiger partial charge in [-0.1, -0.05) is 18.6 Å². The molecule has 2 heterocycles. The smallest absolute Gasteiger partial charge is 0.253 e. The van der Waals surface area contributed by atoms with Crippen LogP contribution >= 0.6 is 0 Å². The number of piperidine rings is 1. The third-order valence-corrected chi connectivity index (χ3v) is 5.45. The van der Waals surface area contributed by atoms with Crippen molar-refractivity contribution in [3.8, 4) is 0 Å². The van der Waals surface area contributed by atoms with E-state index in [4.69, 9.17) is 0 Å². The lowest BCUT2D eigenvalue weighted by Crippen LogP contribution is -2.45. The second kappa shape index (κ2) is 5.81. The number of hydrogen-bond acceptors (Lipinski definition) is 4. The van der Waals surface area contributed by atoms with Gasteiger partial charge in [0.05, 0.1) is 4.90 Å². The highest BCUT2D eigenvalue weighted by atomic mass is 32.2. The molecule has 1 aromatic carbocycles. The Hall–Kier alpha value is -0.950. The van der Waals surface area contributed by atoms with Gasteiger partial charge in [0, 0.05) is 19.6 Å². The molecule has 20 heavy (non-hydrogen) atoms. The zero-order valence-electron chi connectivity index (χ0n) is 11.6. The van der Waals surface area contributed by atoms with E-state index in [0.717, 1.165) is 56.6 Å². The third-order valence-electron chi connectivity index (χ3n) is 3.99. The predicted octanol–water partition coefficient (Wildman–Crippen LogP) is 1.01. The molecular weight excluding hydrogens is 274 g/mol. The van der Waals surface area contributed by atoms with Crippen molar-refractivity contribution in [2.75, 3.05) is 19.6 Å². The predicted molar refractivity (Wildman–Crippen MR) is 77.6 cm³/mol. The van der Waals surface area contributed by atoms with Crippen LogP contribution in [0.5, 0.6) is 0 Å². The summed E-state index contributed by atoms with van der Waals surface area (Å²) in [5, 5.41) is 5.11. The maximum absolute atomic E-state index is 12.6. The van der Waals surface area contributed by atoms with Crippen LogP contribution in [-0.2, 0) is 23.0 Å². The fourth-order valence-corrected chi connectivity index (χ4v) is 4.39. The monoisotopic (exact) mass is 295 g/mol. The van der Waals surface area contributed by atoms with Crippen LogP contribution in [0, 0.1) is 0 Å². The summed E-state index contributed by atoms with van der Waals surface area (Å²) >= 11 is 0. The molecule has 2 aliphatic heterocycles. The zero-order valence-corrected chi connectivity index (χ0v) is 12.4. The van der Waals surface area contributed by atoms with Gasteiger partial charge >= 0.3 is 0 Å². The van der Waals surface area contributed by atoms with E-state index < -0.39 is 10.0 Å². The van der Waals surface area contributed by atoms with Crippen LogP contribution in [0.3, 0.4) is 0 Å². The lowest BCUT2D eigenvalue weighted by molar-refractivity contribution is 0.200. The van der Waals surface area contributed by atoms with E-state index in [0.29, 0.717) is 4.90 Å². The Labute approximate surface area is 120 Å².